The molecule has 1 heterocycles. The molecular weight excluding hydrogens is 268 g/mol. The van der Waals surface area contributed by atoms with Gasteiger partial charge in [0.05, 0.1) is 5.69 Å². The fraction of sp³-hybridized carbons (Fsp3) is 0.600. The van der Waals surface area contributed by atoms with Crippen LogP contribution in [0.5, 0.6) is 0 Å². The van der Waals surface area contributed by atoms with Gasteiger partial charge in [-0.3, -0.25) is 9.59 Å². The first-order valence-electron chi connectivity index (χ1n) is 7.49. The van der Waals surface area contributed by atoms with Crippen molar-refractivity contribution in [2.24, 2.45) is 5.92 Å². The van der Waals surface area contributed by atoms with Crippen molar-refractivity contribution in [2.75, 3.05) is 18.8 Å². The van der Waals surface area contributed by atoms with Crippen molar-refractivity contribution in [3.8, 4) is 0 Å². The van der Waals surface area contributed by atoms with Gasteiger partial charge in [0.15, 0.2) is 0 Å². The number of carbonyl (C=O) groups is 2. The molecule has 21 heavy (non-hydrogen) atoms. The van der Waals surface area contributed by atoms with Gasteiger partial charge in [0.1, 0.15) is 5.69 Å². The Hall–Kier alpha value is -1.98. The molecule has 2 amide bonds. The van der Waals surface area contributed by atoms with E-state index in [0.29, 0.717) is 36.4 Å². The van der Waals surface area contributed by atoms with E-state index in [9.17, 15) is 9.59 Å². The van der Waals surface area contributed by atoms with Crippen molar-refractivity contribution in [1.29, 1.82) is 0 Å². The van der Waals surface area contributed by atoms with Crippen LogP contribution in [0.15, 0.2) is 12.3 Å². The van der Waals surface area contributed by atoms with Crippen molar-refractivity contribution in [1.82, 2.24) is 15.2 Å². The Morgan fingerprint density at radius 3 is 2.71 bits per heavy atom. The van der Waals surface area contributed by atoms with Crippen LogP contribution in [0.1, 0.15) is 49.6 Å². The summed E-state index contributed by atoms with van der Waals surface area (Å²) in [6, 6.07) is 2.09. The van der Waals surface area contributed by atoms with Gasteiger partial charge < -0.3 is 20.9 Å². The van der Waals surface area contributed by atoms with E-state index < -0.39 is 0 Å². The third kappa shape index (κ3) is 4.51. The summed E-state index contributed by atoms with van der Waals surface area (Å²) in [4.78, 5) is 23.7. The summed E-state index contributed by atoms with van der Waals surface area (Å²) in [7, 11) is 0. The molecule has 1 aromatic rings. The summed E-state index contributed by atoms with van der Waals surface area (Å²) in [6.07, 6.45) is 4.28. The maximum Gasteiger partial charge on any atom is 0.268 e. The Balaban J connectivity index is 1.78. The lowest BCUT2D eigenvalue weighted by Crippen LogP contribution is -2.33. The van der Waals surface area contributed by atoms with Crippen LogP contribution in [0.25, 0.3) is 0 Å². The fourth-order valence-corrected chi connectivity index (χ4v) is 2.12. The third-order valence-electron chi connectivity index (χ3n) is 3.39. The standard InChI is InChI=1S/C15H24N4O2/c1-10(2)8-18-14(20)5-6-17-15(21)13-7-11(16)9-19(13)12-3-4-12/h7,9-10,12H,3-6,8,16H2,1-2H3,(H,17,21)(H,18,20). The highest BCUT2D eigenvalue weighted by Gasteiger charge is 2.27. The average Bonchev–Trinajstić information content (AvgIpc) is 3.19. The first kappa shape index (κ1) is 15.4. The molecule has 1 saturated carbocycles. The highest BCUT2D eigenvalue weighted by Crippen LogP contribution is 2.37. The van der Waals surface area contributed by atoms with Crippen molar-refractivity contribution in [2.45, 2.75) is 39.2 Å². The van der Waals surface area contributed by atoms with E-state index in [1.807, 2.05) is 24.6 Å². The largest absolute Gasteiger partial charge is 0.397 e. The van der Waals surface area contributed by atoms with E-state index in [1.54, 1.807) is 6.07 Å². The number of nitrogen functional groups attached to an aromatic ring is 1. The van der Waals surface area contributed by atoms with Crippen molar-refractivity contribution >= 4 is 17.5 Å². The van der Waals surface area contributed by atoms with Crippen molar-refractivity contribution in [3.05, 3.63) is 18.0 Å². The molecule has 0 unspecified atom stereocenters. The quantitative estimate of drug-likeness (QED) is 0.707. The first-order valence-corrected chi connectivity index (χ1v) is 7.49. The summed E-state index contributed by atoms with van der Waals surface area (Å²) < 4.78 is 1.93. The number of nitrogens with zero attached hydrogens (tertiary/aromatic N) is 1. The monoisotopic (exact) mass is 292 g/mol. The molecule has 0 saturated heterocycles. The van der Waals surface area contributed by atoms with E-state index in [2.05, 4.69) is 10.6 Å². The molecule has 4 N–H and O–H groups in total. The summed E-state index contributed by atoms with van der Waals surface area (Å²) in [6.45, 7) is 5.07. The number of nitrogens with two attached hydrogens (primary N) is 1. The Labute approximate surface area is 125 Å². The molecule has 1 aromatic heterocycles. The average molecular weight is 292 g/mol. The summed E-state index contributed by atoms with van der Waals surface area (Å²) >= 11 is 0. The number of anilines is 1. The third-order valence-corrected chi connectivity index (χ3v) is 3.39. The molecule has 6 heteroatoms. The van der Waals surface area contributed by atoms with Gasteiger partial charge in [-0.05, 0) is 24.8 Å². The maximum atomic E-state index is 12.1. The normalized spacial score (nSPS) is 14.2. The van der Waals surface area contributed by atoms with Crippen LogP contribution >= 0.6 is 0 Å². The second kappa shape index (κ2) is 6.65. The Kier molecular flexibility index (Phi) is 4.88. The van der Waals surface area contributed by atoms with Crippen LogP contribution < -0.4 is 16.4 Å². The van der Waals surface area contributed by atoms with E-state index in [4.69, 9.17) is 5.73 Å². The van der Waals surface area contributed by atoms with Gasteiger partial charge in [-0.25, -0.2) is 0 Å². The van der Waals surface area contributed by atoms with Crippen LogP contribution in [-0.4, -0.2) is 29.5 Å². The minimum absolute atomic E-state index is 0.0407. The highest BCUT2D eigenvalue weighted by molar-refractivity contribution is 5.94. The van der Waals surface area contributed by atoms with E-state index in [1.165, 1.54) is 0 Å². The number of rotatable bonds is 7. The molecule has 0 radical (unpaired) electrons. The zero-order valence-corrected chi connectivity index (χ0v) is 12.7. The number of carbonyl (C=O) groups excluding carboxylic acids is 2. The molecule has 0 aromatic carbocycles. The Bertz CT molecular complexity index is 518. The molecule has 0 spiro atoms. The van der Waals surface area contributed by atoms with Gasteiger partial charge in [0.25, 0.3) is 5.91 Å². The second-order valence-electron chi connectivity index (χ2n) is 6.00. The minimum Gasteiger partial charge on any atom is -0.397 e. The smallest absolute Gasteiger partial charge is 0.268 e. The molecule has 0 bridgehead atoms. The van der Waals surface area contributed by atoms with Gasteiger partial charge in [-0.1, -0.05) is 13.8 Å². The summed E-state index contributed by atoms with van der Waals surface area (Å²) in [5, 5.41) is 5.60. The van der Waals surface area contributed by atoms with Gasteiger partial charge in [0, 0.05) is 31.7 Å². The molecular formula is C15H24N4O2. The molecule has 1 aliphatic rings. The summed E-state index contributed by atoms with van der Waals surface area (Å²) in [5.41, 5.74) is 6.94. The molecule has 1 fully saturated rings. The van der Waals surface area contributed by atoms with Gasteiger partial charge >= 0.3 is 0 Å². The fourth-order valence-electron chi connectivity index (χ4n) is 2.12. The lowest BCUT2D eigenvalue weighted by atomic mass is 10.2. The molecule has 2 rings (SSSR count). The number of hydrogen-bond donors (Lipinski definition) is 3. The van der Waals surface area contributed by atoms with E-state index in [0.717, 1.165) is 12.8 Å². The molecule has 6 nitrogen and oxygen atoms in total. The van der Waals surface area contributed by atoms with Crippen LogP contribution in [-0.2, 0) is 4.79 Å². The lowest BCUT2D eigenvalue weighted by Gasteiger charge is -2.09. The Morgan fingerprint density at radius 1 is 1.38 bits per heavy atom. The Morgan fingerprint density at radius 2 is 2.10 bits per heavy atom. The van der Waals surface area contributed by atoms with Crippen LogP contribution in [0.4, 0.5) is 5.69 Å². The summed E-state index contributed by atoms with van der Waals surface area (Å²) in [5.74, 6) is 0.213. The molecule has 0 atom stereocenters. The van der Waals surface area contributed by atoms with E-state index in [-0.39, 0.29) is 18.2 Å². The zero-order chi connectivity index (χ0) is 15.4. The predicted octanol–water partition coefficient (Wildman–Crippen LogP) is 1.30. The molecule has 0 aliphatic heterocycles. The van der Waals surface area contributed by atoms with Crippen molar-refractivity contribution < 1.29 is 9.59 Å². The number of nitrogens with one attached hydrogen (secondary N) is 2. The minimum atomic E-state index is -0.171. The van der Waals surface area contributed by atoms with Crippen molar-refractivity contribution in [3.63, 3.8) is 0 Å². The lowest BCUT2D eigenvalue weighted by molar-refractivity contribution is -0.121. The van der Waals surface area contributed by atoms with Crippen LogP contribution in [0, 0.1) is 5.92 Å². The maximum absolute atomic E-state index is 12.1. The number of aromatic nitrogens is 1. The van der Waals surface area contributed by atoms with E-state index >= 15 is 0 Å². The second-order valence-corrected chi connectivity index (χ2v) is 6.00. The first-order chi connectivity index (χ1) is 9.97. The number of amides is 2. The SMILES string of the molecule is CC(C)CNC(=O)CCNC(=O)c1cc(N)cn1C1CC1. The van der Waals surface area contributed by atoms with Gasteiger partial charge in [0.2, 0.25) is 5.91 Å². The van der Waals surface area contributed by atoms with Gasteiger partial charge in [-0.15, -0.1) is 0 Å². The van der Waals surface area contributed by atoms with Crippen LogP contribution in [0.3, 0.4) is 0 Å². The number of hydrogen-bond acceptors (Lipinski definition) is 3. The predicted molar refractivity (Wildman–Crippen MR) is 81.9 cm³/mol. The molecule has 1 aliphatic carbocycles. The van der Waals surface area contributed by atoms with Crippen LogP contribution in [0.2, 0.25) is 0 Å². The highest BCUT2D eigenvalue weighted by atomic mass is 16.2. The topological polar surface area (TPSA) is 89.2 Å². The zero-order valence-electron chi connectivity index (χ0n) is 12.7. The van der Waals surface area contributed by atoms with Gasteiger partial charge in [-0.2, -0.15) is 0 Å². The molecule has 116 valence electrons.